The Labute approximate surface area is 190 Å². The van der Waals surface area contributed by atoms with Crippen LogP contribution in [0.4, 0.5) is 4.39 Å². The number of para-hydroxylation sites is 1. The van der Waals surface area contributed by atoms with E-state index < -0.39 is 0 Å². The molecule has 8 heteroatoms. The number of nitrogens with zero attached hydrogens (tertiary/aromatic N) is 2. The minimum Gasteiger partial charge on any atom is -0.486 e. The predicted molar refractivity (Wildman–Crippen MR) is 125 cm³/mol. The first-order valence-corrected chi connectivity index (χ1v) is 10.3. The van der Waals surface area contributed by atoms with E-state index in [9.17, 15) is 4.39 Å². The summed E-state index contributed by atoms with van der Waals surface area (Å²) in [4.78, 5) is 6.87. The number of piperidine rings is 1. The summed E-state index contributed by atoms with van der Waals surface area (Å²) in [6, 6.07) is 6.89. The Morgan fingerprint density at radius 2 is 2.07 bits per heavy atom. The molecule has 2 atom stereocenters. The van der Waals surface area contributed by atoms with Crippen LogP contribution in [0.3, 0.4) is 0 Å². The number of guanidine groups is 1. The average molecular weight is 520 g/mol. The molecular weight excluding hydrogens is 486 g/mol. The lowest BCUT2D eigenvalue weighted by Gasteiger charge is -2.34. The van der Waals surface area contributed by atoms with Crippen molar-refractivity contribution in [3.05, 3.63) is 30.1 Å². The largest absolute Gasteiger partial charge is 0.486 e. The van der Waals surface area contributed by atoms with Gasteiger partial charge in [0.15, 0.2) is 17.5 Å². The van der Waals surface area contributed by atoms with Gasteiger partial charge in [0.2, 0.25) is 0 Å². The summed E-state index contributed by atoms with van der Waals surface area (Å²) in [5.74, 6) is 1.41. The maximum atomic E-state index is 13.7. The summed E-state index contributed by atoms with van der Waals surface area (Å²) >= 11 is 0. The van der Waals surface area contributed by atoms with Crippen LogP contribution in [-0.2, 0) is 4.74 Å². The molecule has 2 unspecified atom stereocenters. The highest BCUT2D eigenvalue weighted by molar-refractivity contribution is 14.0. The molecular formula is C21H34FIN4O2. The first-order valence-electron chi connectivity index (χ1n) is 10.3. The highest BCUT2D eigenvalue weighted by atomic mass is 127. The van der Waals surface area contributed by atoms with Gasteiger partial charge in [-0.2, -0.15) is 0 Å². The van der Waals surface area contributed by atoms with E-state index in [4.69, 9.17) is 9.47 Å². The van der Waals surface area contributed by atoms with E-state index in [1.54, 1.807) is 25.2 Å². The van der Waals surface area contributed by atoms with Crippen LogP contribution in [0.2, 0.25) is 0 Å². The van der Waals surface area contributed by atoms with E-state index in [1.165, 1.54) is 12.5 Å². The van der Waals surface area contributed by atoms with Gasteiger partial charge in [-0.1, -0.05) is 12.1 Å². The molecule has 2 fully saturated rings. The van der Waals surface area contributed by atoms with Gasteiger partial charge in [-0.15, -0.1) is 24.0 Å². The number of likely N-dealkylation sites (tertiary alicyclic amines) is 1. The third kappa shape index (κ3) is 7.90. The van der Waals surface area contributed by atoms with E-state index >= 15 is 0 Å². The van der Waals surface area contributed by atoms with Gasteiger partial charge in [-0.3, -0.25) is 4.99 Å². The Kier molecular flexibility index (Phi) is 10.4. The normalized spacial score (nSPS) is 22.0. The quantitative estimate of drug-likeness (QED) is 0.329. The fourth-order valence-corrected chi connectivity index (χ4v) is 3.78. The minimum atomic E-state index is -0.340. The van der Waals surface area contributed by atoms with Crippen LogP contribution in [0.5, 0.6) is 5.75 Å². The zero-order valence-corrected chi connectivity index (χ0v) is 19.7. The van der Waals surface area contributed by atoms with Gasteiger partial charge in [-0.05, 0) is 44.2 Å². The van der Waals surface area contributed by atoms with Crippen LogP contribution in [0.25, 0.3) is 0 Å². The zero-order valence-electron chi connectivity index (χ0n) is 17.4. The minimum absolute atomic E-state index is 0. The van der Waals surface area contributed by atoms with Crippen LogP contribution in [-0.4, -0.2) is 69.4 Å². The lowest BCUT2D eigenvalue weighted by Crippen LogP contribution is -2.50. The number of hydrogen-bond acceptors (Lipinski definition) is 4. The molecule has 6 nitrogen and oxygen atoms in total. The molecule has 1 aromatic rings. The van der Waals surface area contributed by atoms with Crippen molar-refractivity contribution in [2.24, 2.45) is 10.9 Å². The number of ether oxygens (including phenoxy) is 2. The van der Waals surface area contributed by atoms with Gasteiger partial charge in [-0.25, -0.2) is 4.39 Å². The number of benzene rings is 1. The molecule has 0 spiro atoms. The first-order chi connectivity index (χ1) is 13.6. The van der Waals surface area contributed by atoms with Crippen molar-refractivity contribution in [2.45, 2.75) is 38.3 Å². The third-order valence-electron chi connectivity index (χ3n) is 5.41. The Morgan fingerprint density at radius 1 is 1.31 bits per heavy atom. The van der Waals surface area contributed by atoms with Gasteiger partial charge in [0, 0.05) is 39.3 Å². The van der Waals surface area contributed by atoms with Crippen molar-refractivity contribution in [3.63, 3.8) is 0 Å². The Hall–Kier alpha value is -1.13. The van der Waals surface area contributed by atoms with Crippen molar-refractivity contribution < 1.29 is 13.9 Å². The highest BCUT2D eigenvalue weighted by Crippen LogP contribution is 2.18. The van der Waals surface area contributed by atoms with Gasteiger partial charge in [0.1, 0.15) is 6.10 Å². The Morgan fingerprint density at radius 3 is 2.72 bits per heavy atom. The summed E-state index contributed by atoms with van der Waals surface area (Å²) in [6.07, 6.45) is 3.23. The standard InChI is InChI=1S/C21H33FN4O2.HI/c1-16(28-20-6-4-3-5-19(20)22)13-24-21(23-2)25-18-7-10-26(11-8-18)14-17-9-12-27-15-17;/h3-6,16-18H,7-15H2,1-2H3,(H2,23,24,25);1H. The van der Waals surface area contributed by atoms with Crippen LogP contribution >= 0.6 is 24.0 Å². The second-order valence-corrected chi connectivity index (χ2v) is 7.76. The molecule has 2 heterocycles. The number of nitrogens with one attached hydrogen (secondary N) is 2. The van der Waals surface area contributed by atoms with Crippen molar-refractivity contribution >= 4 is 29.9 Å². The molecule has 2 saturated heterocycles. The lowest BCUT2D eigenvalue weighted by atomic mass is 10.0. The molecule has 164 valence electrons. The summed E-state index contributed by atoms with van der Waals surface area (Å²) in [5.41, 5.74) is 0. The predicted octanol–water partition coefficient (Wildman–Crippen LogP) is 2.88. The highest BCUT2D eigenvalue weighted by Gasteiger charge is 2.24. The maximum absolute atomic E-state index is 13.7. The van der Waals surface area contributed by atoms with Crippen molar-refractivity contribution in [1.29, 1.82) is 0 Å². The molecule has 2 N–H and O–H groups in total. The second-order valence-electron chi connectivity index (χ2n) is 7.76. The van der Waals surface area contributed by atoms with E-state index in [-0.39, 0.29) is 41.6 Å². The van der Waals surface area contributed by atoms with Crippen molar-refractivity contribution in [1.82, 2.24) is 15.5 Å². The molecule has 2 aliphatic heterocycles. The topological polar surface area (TPSA) is 58.1 Å². The van der Waals surface area contributed by atoms with Gasteiger partial charge in [0.05, 0.1) is 13.2 Å². The molecule has 0 amide bonds. The molecule has 0 aromatic heterocycles. The molecule has 0 bridgehead atoms. The van der Waals surface area contributed by atoms with Crippen LogP contribution in [0, 0.1) is 11.7 Å². The van der Waals surface area contributed by atoms with E-state index in [0.29, 0.717) is 18.5 Å². The smallest absolute Gasteiger partial charge is 0.191 e. The Bertz CT molecular complexity index is 635. The average Bonchev–Trinajstić information content (AvgIpc) is 3.21. The summed E-state index contributed by atoms with van der Waals surface area (Å²) < 4.78 is 24.8. The van der Waals surface area contributed by atoms with Crippen LogP contribution in [0.15, 0.2) is 29.3 Å². The fraction of sp³-hybridized carbons (Fsp3) is 0.667. The molecule has 3 rings (SSSR count). The monoisotopic (exact) mass is 520 g/mol. The molecule has 1 aromatic carbocycles. The van der Waals surface area contributed by atoms with Gasteiger partial charge in [0.25, 0.3) is 0 Å². The molecule has 29 heavy (non-hydrogen) atoms. The SMILES string of the molecule is CN=C(NCC(C)Oc1ccccc1F)NC1CCN(CC2CCOC2)CC1.I. The van der Waals surface area contributed by atoms with Crippen LogP contribution < -0.4 is 15.4 Å². The van der Waals surface area contributed by atoms with Crippen LogP contribution in [0.1, 0.15) is 26.2 Å². The number of aliphatic imine (C=N–C) groups is 1. The second kappa shape index (κ2) is 12.5. The van der Waals surface area contributed by atoms with Crippen molar-refractivity contribution in [3.8, 4) is 5.75 Å². The lowest BCUT2D eigenvalue weighted by molar-refractivity contribution is 0.150. The summed E-state index contributed by atoms with van der Waals surface area (Å²) in [7, 11) is 1.77. The zero-order chi connectivity index (χ0) is 19.8. The molecule has 0 saturated carbocycles. The molecule has 0 aliphatic carbocycles. The van der Waals surface area contributed by atoms with Crippen molar-refractivity contribution in [2.75, 3.05) is 46.4 Å². The molecule has 0 radical (unpaired) electrons. The Balaban J connectivity index is 0.00000300. The molecule has 2 aliphatic rings. The maximum Gasteiger partial charge on any atom is 0.191 e. The first kappa shape index (κ1) is 24.1. The summed E-state index contributed by atoms with van der Waals surface area (Å²) in [5, 5.41) is 6.80. The third-order valence-corrected chi connectivity index (χ3v) is 5.41. The fourth-order valence-electron chi connectivity index (χ4n) is 3.78. The van der Waals surface area contributed by atoms with E-state index in [0.717, 1.165) is 51.6 Å². The number of hydrogen-bond donors (Lipinski definition) is 2. The summed E-state index contributed by atoms with van der Waals surface area (Å²) in [6.45, 7) is 7.68. The number of halogens is 2. The van der Waals surface area contributed by atoms with E-state index in [1.807, 2.05) is 6.92 Å². The number of rotatable bonds is 7. The van der Waals surface area contributed by atoms with Gasteiger partial charge < -0.3 is 25.0 Å². The van der Waals surface area contributed by atoms with Gasteiger partial charge >= 0.3 is 0 Å². The van der Waals surface area contributed by atoms with E-state index in [2.05, 4.69) is 20.5 Å².